The lowest BCUT2D eigenvalue weighted by Gasteiger charge is -2.18. The van der Waals surface area contributed by atoms with Gasteiger partial charge in [0.05, 0.1) is 12.1 Å². The monoisotopic (exact) mass is 338 g/mol. The van der Waals surface area contributed by atoms with E-state index in [0.717, 1.165) is 11.1 Å². The third-order valence-corrected chi connectivity index (χ3v) is 4.42. The Morgan fingerprint density at radius 3 is 2.56 bits per heavy atom. The van der Waals surface area contributed by atoms with Crippen molar-refractivity contribution >= 4 is 11.8 Å². The number of rotatable bonds is 6. The van der Waals surface area contributed by atoms with Crippen molar-refractivity contribution < 1.29 is 14.7 Å². The van der Waals surface area contributed by atoms with Crippen molar-refractivity contribution in [3.05, 3.63) is 71.3 Å². The average Bonchev–Trinajstić information content (AvgIpc) is 2.95. The quantitative estimate of drug-likeness (QED) is 0.705. The predicted molar refractivity (Wildman–Crippen MR) is 95.0 cm³/mol. The summed E-state index contributed by atoms with van der Waals surface area (Å²) in [6.07, 6.45) is 0.836. The maximum absolute atomic E-state index is 12.1. The number of aliphatic hydroxyl groups excluding tert-OH is 1. The summed E-state index contributed by atoms with van der Waals surface area (Å²) in [5.41, 5.74) is 2.67. The molecule has 0 saturated carbocycles. The topological polar surface area (TPSA) is 78.4 Å². The number of carbonyl (C=O) groups is 2. The Balaban J connectivity index is 1.42. The second-order valence-electron chi connectivity index (χ2n) is 6.24. The van der Waals surface area contributed by atoms with Crippen LogP contribution in [0.2, 0.25) is 0 Å². The molecule has 0 heterocycles. The molecule has 5 heteroatoms. The largest absolute Gasteiger partial charge is 0.390 e. The molecule has 0 aliphatic heterocycles. The van der Waals surface area contributed by atoms with Crippen molar-refractivity contribution in [3.63, 3.8) is 0 Å². The van der Waals surface area contributed by atoms with Crippen LogP contribution in [0.3, 0.4) is 0 Å². The van der Waals surface area contributed by atoms with Crippen molar-refractivity contribution in [3.8, 4) is 0 Å². The molecule has 5 nitrogen and oxygen atoms in total. The maximum Gasteiger partial charge on any atom is 0.251 e. The van der Waals surface area contributed by atoms with Crippen LogP contribution < -0.4 is 10.6 Å². The maximum atomic E-state index is 12.1. The van der Waals surface area contributed by atoms with Gasteiger partial charge in [-0.3, -0.25) is 9.59 Å². The van der Waals surface area contributed by atoms with Crippen LogP contribution in [0.5, 0.6) is 0 Å². The second-order valence-corrected chi connectivity index (χ2v) is 6.24. The van der Waals surface area contributed by atoms with Crippen LogP contribution >= 0.6 is 0 Å². The highest BCUT2D eigenvalue weighted by Gasteiger charge is 2.31. The zero-order valence-corrected chi connectivity index (χ0v) is 13.9. The van der Waals surface area contributed by atoms with Crippen LogP contribution in [0, 0.1) is 0 Å². The van der Waals surface area contributed by atoms with E-state index in [0.29, 0.717) is 31.4 Å². The second kappa shape index (κ2) is 7.94. The Morgan fingerprint density at radius 2 is 1.76 bits per heavy atom. The lowest BCUT2D eigenvalue weighted by Crippen LogP contribution is -2.34. The fourth-order valence-electron chi connectivity index (χ4n) is 3.14. The molecule has 0 bridgehead atoms. The molecule has 2 amide bonds. The summed E-state index contributed by atoms with van der Waals surface area (Å²) in [6.45, 7) is 0.435. The Morgan fingerprint density at radius 1 is 1.04 bits per heavy atom. The molecule has 3 rings (SSSR count). The van der Waals surface area contributed by atoms with E-state index in [-0.39, 0.29) is 17.9 Å². The highest BCUT2D eigenvalue weighted by Crippen LogP contribution is 2.31. The minimum absolute atomic E-state index is 0.116. The van der Waals surface area contributed by atoms with Gasteiger partial charge < -0.3 is 15.7 Å². The molecular formula is C20H22N2O3. The molecule has 0 fully saturated rings. The molecule has 2 atom stereocenters. The van der Waals surface area contributed by atoms with Gasteiger partial charge in [0.15, 0.2) is 0 Å². The van der Waals surface area contributed by atoms with Crippen molar-refractivity contribution in [2.45, 2.75) is 31.4 Å². The standard InChI is InChI=1S/C20H22N2O3/c23-17-13-15-9-4-5-10-16(15)19(17)22-18(24)11-6-12-21-20(25)14-7-2-1-3-8-14/h1-5,7-10,17,19,23H,6,11-13H2,(H,21,25)(H,22,24)/t17-,19+/m0/s1. The van der Waals surface area contributed by atoms with Crippen LogP contribution in [0.4, 0.5) is 0 Å². The molecule has 0 unspecified atom stereocenters. The first-order valence-electron chi connectivity index (χ1n) is 8.53. The van der Waals surface area contributed by atoms with Gasteiger partial charge in [-0.15, -0.1) is 0 Å². The molecular weight excluding hydrogens is 316 g/mol. The van der Waals surface area contributed by atoms with Gasteiger partial charge in [0, 0.05) is 24.9 Å². The van der Waals surface area contributed by atoms with E-state index in [1.807, 2.05) is 42.5 Å². The number of amides is 2. The lowest BCUT2D eigenvalue weighted by atomic mass is 10.1. The number of nitrogens with one attached hydrogen (secondary N) is 2. The van der Waals surface area contributed by atoms with E-state index in [1.54, 1.807) is 12.1 Å². The van der Waals surface area contributed by atoms with Crippen LogP contribution in [0.15, 0.2) is 54.6 Å². The molecule has 2 aromatic rings. The number of aliphatic hydroxyl groups is 1. The Bertz CT molecular complexity index is 746. The third kappa shape index (κ3) is 4.25. The Kier molecular flexibility index (Phi) is 5.46. The molecule has 130 valence electrons. The van der Waals surface area contributed by atoms with Gasteiger partial charge in [0.2, 0.25) is 5.91 Å². The molecule has 0 saturated heterocycles. The fourth-order valence-corrected chi connectivity index (χ4v) is 3.14. The number of carbonyl (C=O) groups excluding carboxylic acids is 2. The Labute approximate surface area is 147 Å². The molecule has 2 aromatic carbocycles. The third-order valence-electron chi connectivity index (χ3n) is 4.42. The smallest absolute Gasteiger partial charge is 0.251 e. The predicted octanol–water partition coefficient (Wildman–Crippen LogP) is 1.97. The highest BCUT2D eigenvalue weighted by molar-refractivity contribution is 5.94. The van der Waals surface area contributed by atoms with Crippen molar-refractivity contribution in [1.29, 1.82) is 0 Å². The zero-order valence-electron chi connectivity index (χ0n) is 13.9. The van der Waals surface area contributed by atoms with Crippen molar-refractivity contribution in [1.82, 2.24) is 10.6 Å². The van der Waals surface area contributed by atoms with Gasteiger partial charge in [0.25, 0.3) is 5.91 Å². The molecule has 0 spiro atoms. The summed E-state index contributed by atoms with van der Waals surface area (Å²) in [4.78, 5) is 24.0. The van der Waals surface area contributed by atoms with Gasteiger partial charge in [-0.1, -0.05) is 42.5 Å². The molecule has 3 N–H and O–H groups in total. The summed E-state index contributed by atoms with van der Waals surface area (Å²) < 4.78 is 0. The minimum Gasteiger partial charge on any atom is -0.390 e. The average molecular weight is 338 g/mol. The number of hydrogen-bond donors (Lipinski definition) is 3. The van der Waals surface area contributed by atoms with Crippen LogP contribution in [0.1, 0.15) is 40.4 Å². The lowest BCUT2D eigenvalue weighted by molar-refractivity contribution is -0.122. The fraction of sp³-hybridized carbons (Fsp3) is 0.300. The zero-order chi connectivity index (χ0) is 17.6. The number of fused-ring (bicyclic) bond motifs is 1. The van der Waals surface area contributed by atoms with Gasteiger partial charge in [-0.05, 0) is 29.7 Å². The molecule has 0 radical (unpaired) electrons. The van der Waals surface area contributed by atoms with E-state index in [9.17, 15) is 14.7 Å². The van der Waals surface area contributed by atoms with E-state index >= 15 is 0 Å². The van der Waals surface area contributed by atoms with E-state index in [2.05, 4.69) is 10.6 Å². The van der Waals surface area contributed by atoms with E-state index < -0.39 is 6.10 Å². The van der Waals surface area contributed by atoms with Crippen molar-refractivity contribution in [2.75, 3.05) is 6.54 Å². The summed E-state index contributed by atoms with van der Waals surface area (Å²) in [5.74, 6) is -0.254. The first-order chi connectivity index (χ1) is 12.1. The summed E-state index contributed by atoms with van der Waals surface area (Å²) in [6, 6.07) is 16.4. The number of hydrogen-bond acceptors (Lipinski definition) is 3. The summed E-state index contributed by atoms with van der Waals surface area (Å²) in [7, 11) is 0. The molecule has 1 aliphatic carbocycles. The molecule has 25 heavy (non-hydrogen) atoms. The summed E-state index contributed by atoms with van der Waals surface area (Å²) in [5, 5.41) is 15.9. The van der Waals surface area contributed by atoms with Crippen molar-refractivity contribution in [2.24, 2.45) is 0 Å². The van der Waals surface area contributed by atoms with E-state index in [4.69, 9.17) is 0 Å². The van der Waals surface area contributed by atoms with Gasteiger partial charge in [0.1, 0.15) is 0 Å². The first-order valence-corrected chi connectivity index (χ1v) is 8.53. The SMILES string of the molecule is O=C(CCCNC(=O)c1ccccc1)N[C@@H]1c2ccccc2C[C@@H]1O. The van der Waals surface area contributed by atoms with Gasteiger partial charge in [-0.2, -0.15) is 0 Å². The van der Waals surface area contributed by atoms with Gasteiger partial charge in [-0.25, -0.2) is 0 Å². The number of benzene rings is 2. The highest BCUT2D eigenvalue weighted by atomic mass is 16.3. The normalized spacial score (nSPS) is 18.4. The van der Waals surface area contributed by atoms with E-state index in [1.165, 1.54) is 0 Å². The minimum atomic E-state index is -0.584. The first kappa shape index (κ1) is 17.2. The summed E-state index contributed by atoms with van der Waals surface area (Å²) >= 11 is 0. The molecule has 0 aromatic heterocycles. The van der Waals surface area contributed by atoms with Gasteiger partial charge >= 0.3 is 0 Å². The Hall–Kier alpha value is -2.66. The molecule has 1 aliphatic rings. The van der Waals surface area contributed by atoms with Crippen LogP contribution in [-0.2, 0) is 11.2 Å². The van der Waals surface area contributed by atoms with Crippen LogP contribution in [-0.4, -0.2) is 29.6 Å². The van der Waals surface area contributed by atoms with Crippen LogP contribution in [0.25, 0.3) is 0 Å².